The number of ether oxygens (including phenoxy) is 1. The predicted octanol–water partition coefficient (Wildman–Crippen LogP) is 4.12. The number of aromatic nitrogens is 2. The van der Waals surface area contributed by atoms with Gasteiger partial charge in [0.05, 0.1) is 29.8 Å². The van der Waals surface area contributed by atoms with E-state index in [0.29, 0.717) is 37.5 Å². The van der Waals surface area contributed by atoms with Crippen LogP contribution in [0.3, 0.4) is 0 Å². The Morgan fingerprint density at radius 1 is 1.24 bits per heavy atom. The Morgan fingerprint density at radius 3 is 2.76 bits per heavy atom. The molecule has 0 saturated carbocycles. The van der Waals surface area contributed by atoms with Crippen LogP contribution in [0.1, 0.15) is 18.4 Å². The van der Waals surface area contributed by atoms with Crippen LogP contribution < -0.4 is 10.2 Å². The number of aromatic hydroxyl groups is 1. The van der Waals surface area contributed by atoms with E-state index in [2.05, 4.69) is 15.2 Å². The van der Waals surface area contributed by atoms with Gasteiger partial charge in [-0.25, -0.2) is 19.2 Å². The number of rotatable bonds is 4. The lowest BCUT2D eigenvalue weighted by Crippen LogP contribution is -2.49. The molecule has 2 aliphatic rings. The molecule has 2 fully saturated rings. The van der Waals surface area contributed by atoms with Crippen molar-refractivity contribution in [2.24, 2.45) is 5.92 Å². The van der Waals surface area contributed by atoms with E-state index in [9.17, 15) is 19.4 Å². The van der Waals surface area contributed by atoms with Crippen molar-refractivity contribution in [3.63, 3.8) is 0 Å². The topological polar surface area (TPSA) is 108 Å². The van der Waals surface area contributed by atoms with Gasteiger partial charge in [-0.1, -0.05) is 12.1 Å². The van der Waals surface area contributed by atoms with Crippen LogP contribution in [-0.2, 0) is 4.74 Å². The Kier molecular flexibility index (Phi) is 6.77. The molecule has 34 heavy (non-hydrogen) atoms. The molecule has 5 rings (SSSR count). The number of anilines is 1. The van der Waals surface area contributed by atoms with Crippen molar-refractivity contribution in [3.05, 3.63) is 47.8 Å². The first-order chi connectivity index (χ1) is 15.9. The SMILES string of the molecule is Cc1ccc2c(N3CCC(NC(=O)O)C3C3CCOC3)nc(-c3c(O)cccc3F)nc2c1.Cl. The standard InChI is InChI=1S/C24H25FN4O4.ClH/c1-13-5-6-15-18(11-13)26-22(20-16(25)3-2-4-19(20)30)28-23(15)29-9-7-17(27-24(31)32)21(29)14-8-10-33-12-14;/h2-6,11,14,17,21,27,30H,7-10,12H2,1H3,(H,31,32);1H. The molecule has 3 N–H and O–H groups in total. The number of fused-ring (bicyclic) bond motifs is 1. The van der Waals surface area contributed by atoms with Gasteiger partial charge in [-0.3, -0.25) is 0 Å². The summed E-state index contributed by atoms with van der Waals surface area (Å²) in [6.45, 7) is 3.70. The Labute approximate surface area is 202 Å². The first-order valence-corrected chi connectivity index (χ1v) is 11.0. The van der Waals surface area contributed by atoms with E-state index in [1.54, 1.807) is 0 Å². The zero-order chi connectivity index (χ0) is 23.1. The van der Waals surface area contributed by atoms with Crippen molar-refractivity contribution >= 4 is 35.2 Å². The maximum Gasteiger partial charge on any atom is 0.404 e. The fourth-order valence-electron chi connectivity index (χ4n) is 5.07. The van der Waals surface area contributed by atoms with Crippen LogP contribution in [0.15, 0.2) is 36.4 Å². The summed E-state index contributed by atoms with van der Waals surface area (Å²) < 4.78 is 20.3. The quantitative estimate of drug-likeness (QED) is 0.507. The van der Waals surface area contributed by atoms with Gasteiger partial charge in [0.2, 0.25) is 0 Å². The number of amides is 1. The van der Waals surface area contributed by atoms with Crippen LogP contribution >= 0.6 is 12.4 Å². The zero-order valence-corrected chi connectivity index (χ0v) is 19.4. The molecule has 2 saturated heterocycles. The molecular formula is C24H26ClFN4O4. The summed E-state index contributed by atoms with van der Waals surface area (Å²) in [6.07, 6.45) is 0.374. The van der Waals surface area contributed by atoms with E-state index in [-0.39, 0.29) is 47.5 Å². The third-order valence-corrected chi connectivity index (χ3v) is 6.53. The van der Waals surface area contributed by atoms with Crippen LogP contribution in [0.25, 0.3) is 22.3 Å². The average Bonchev–Trinajstić information content (AvgIpc) is 3.42. The van der Waals surface area contributed by atoms with Gasteiger partial charge < -0.3 is 25.2 Å². The summed E-state index contributed by atoms with van der Waals surface area (Å²) in [6, 6.07) is 9.46. The number of carbonyl (C=O) groups is 1. The number of nitrogens with zero attached hydrogens (tertiary/aromatic N) is 3. The summed E-state index contributed by atoms with van der Waals surface area (Å²) in [5, 5.41) is 23.2. The van der Waals surface area contributed by atoms with Gasteiger partial charge in [0.15, 0.2) is 5.82 Å². The first kappa shape index (κ1) is 24.0. The lowest BCUT2D eigenvalue weighted by Gasteiger charge is -2.33. The number of benzene rings is 2. The minimum Gasteiger partial charge on any atom is -0.507 e. The molecule has 180 valence electrons. The number of hydrogen-bond donors (Lipinski definition) is 3. The Morgan fingerprint density at radius 2 is 2.06 bits per heavy atom. The zero-order valence-electron chi connectivity index (χ0n) is 18.6. The number of carboxylic acid groups (broad SMARTS) is 1. The number of aryl methyl sites for hydroxylation is 1. The van der Waals surface area contributed by atoms with E-state index in [0.717, 1.165) is 17.4 Å². The van der Waals surface area contributed by atoms with Crippen molar-refractivity contribution in [1.29, 1.82) is 0 Å². The number of halogens is 2. The first-order valence-electron chi connectivity index (χ1n) is 11.0. The molecule has 0 aliphatic carbocycles. The normalized spacial score (nSPS) is 22.1. The third kappa shape index (κ3) is 4.33. The van der Waals surface area contributed by atoms with Crippen LogP contribution in [-0.4, -0.2) is 58.1 Å². The Balaban J connectivity index is 0.00000274. The molecular weight excluding hydrogens is 463 g/mol. The van der Waals surface area contributed by atoms with Gasteiger partial charge in [0.25, 0.3) is 0 Å². The molecule has 1 aromatic heterocycles. The summed E-state index contributed by atoms with van der Waals surface area (Å²) in [4.78, 5) is 22.9. The van der Waals surface area contributed by atoms with Crippen molar-refractivity contribution in [2.75, 3.05) is 24.7 Å². The number of phenolic OH excluding ortho intramolecular Hbond substituents is 1. The van der Waals surface area contributed by atoms with Crippen LogP contribution in [0.5, 0.6) is 5.75 Å². The second-order valence-electron chi connectivity index (χ2n) is 8.68. The lowest BCUT2D eigenvalue weighted by atomic mass is 9.93. The van der Waals surface area contributed by atoms with Crippen molar-refractivity contribution in [1.82, 2.24) is 15.3 Å². The number of nitrogens with one attached hydrogen (secondary N) is 1. The third-order valence-electron chi connectivity index (χ3n) is 6.53. The highest BCUT2D eigenvalue weighted by Crippen LogP contribution is 2.38. The highest BCUT2D eigenvalue weighted by atomic mass is 35.5. The molecule has 2 aromatic carbocycles. The minimum absolute atomic E-state index is 0. The second kappa shape index (κ2) is 9.60. The van der Waals surface area contributed by atoms with Gasteiger partial charge >= 0.3 is 6.09 Å². The fourth-order valence-corrected chi connectivity index (χ4v) is 5.07. The van der Waals surface area contributed by atoms with Gasteiger partial charge in [-0.2, -0.15) is 0 Å². The fraction of sp³-hybridized carbons (Fsp3) is 0.375. The van der Waals surface area contributed by atoms with E-state index < -0.39 is 11.9 Å². The summed E-state index contributed by atoms with van der Waals surface area (Å²) >= 11 is 0. The average molecular weight is 489 g/mol. The number of phenols is 1. The van der Waals surface area contributed by atoms with Crippen LogP contribution in [0.4, 0.5) is 15.0 Å². The minimum atomic E-state index is -1.06. The Bertz CT molecular complexity index is 1200. The summed E-state index contributed by atoms with van der Waals surface area (Å²) in [5.74, 6) is -0.0230. The molecule has 0 spiro atoms. The van der Waals surface area contributed by atoms with E-state index in [1.165, 1.54) is 18.2 Å². The molecule has 1 amide bonds. The van der Waals surface area contributed by atoms with E-state index in [1.807, 2.05) is 25.1 Å². The monoisotopic (exact) mass is 488 g/mol. The van der Waals surface area contributed by atoms with Crippen molar-refractivity contribution in [3.8, 4) is 17.1 Å². The number of hydrogen-bond acceptors (Lipinski definition) is 6. The van der Waals surface area contributed by atoms with E-state index >= 15 is 0 Å². The largest absolute Gasteiger partial charge is 0.507 e. The second-order valence-corrected chi connectivity index (χ2v) is 8.68. The highest BCUT2D eigenvalue weighted by Gasteiger charge is 2.43. The van der Waals surface area contributed by atoms with E-state index in [4.69, 9.17) is 9.72 Å². The predicted molar refractivity (Wildman–Crippen MR) is 128 cm³/mol. The van der Waals surface area contributed by atoms with Gasteiger partial charge in [0, 0.05) is 24.5 Å². The van der Waals surface area contributed by atoms with Crippen LogP contribution in [0.2, 0.25) is 0 Å². The lowest BCUT2D eigenvalue weighted by molar-refractivity contribution is 0.171. The summed E-state index contributed by atoms with van der Waals surface area (Å²) in [5.41, 5.74) is 1.57. The van der Waals surface area contributed by atoms with Gasteiger partial charge in [-0.15, -0.1) is 12.4 Å². The molecule has 0 radical (unpaired) electrons. The molecule has 3 heterocycles. The maximum atomic E-state index is 14.7. The molecule has 3 unspecified atom stereocenters. The molecule has 0 bridgehead atoms. The summed E-state index contributed by atoms with van der Waals surface area (Å²) in [7, 11) is 0. The van der Waals surface area contributed by atoms with Crippen molar-refractivity contribution < 1.29 is 24.1 Å². The molecule has 3 aromatic rings. The molecule has 2 aliphatic heterocycles. The Hall–Kier alpha value is -3.17. The van der Waals surface area contributed by atoms with Crippen LogP contribution in [0, 0.1) is 18.7 Å². The van der Waals surface area contributed by atoms with Gasteiger partial charge in [0.1, 0.15) is 17.4 Å². The van der Waals surface area contributed by atoms with Gasteiger partial charge in [-0.05, 0) is 49.6 Å². The maximum absolute atomic E-state index is 14.7. The molecule has 8 nitrogen and oxygen atoms in total. The highest BCUT2D eigenvalue weighted by molar-refractivity contribution is 5.92. The van der Waals surface area contributed by atoms with Crippen molar-refractivity contribution in [2.45, 2.75) is 31.8 Å². The molecule has 10 heteroatoms. The smallest absolute Gasteiger partial charge is 0.404 e. The molecule has 3 atom stereocenters.